The van der Waals surface area contributed by atoms with Crippen LogP contribution in [0, 0.1) is 0 Å². The molecule has 3 aliphatic rings. The Hall–Kier alpha value is -2.18. The first-order valence-electron chi connectivity index (χ1n) is 13.7. The van der Waals surface area contributed by atoms with Gasteiger partial charge in [0.2, 0.25) is 0 Å². The van der Waals surface area contributed by atoms with Crippen LogP contribution >= 0.6 is 0 Å². The van der Waals surface area contributed by atoms with E-state index in [9.17, 15) is 0 Å². The number of benzene rings is 4. The van der Waals surface area contributed by atoms with Gasteiger partial charge >= 0.3 is 227 Å². The molecular weight excluding hydrogens is 595 g/mol. The zero-order valence-corrected chi connectivity index (χ0v) is 27.0. The van der Waals surface area contributed by atoms with Crippen molar-refractivity contribution in [2.45, 2.75) is 42.2 Å². The summed E-state index contributed by atoms with van der Waals surface area (Å²) in [5.41, 5.74) is 14.9. The molecule has 2 unspecified atom stereocenters. The summed E-state index contributed by atoms with van der Waals surface area (Å²) in [4.78, 5) is 0. The average Bonchev–Trinajstić information content (AvgIpc) is 3.15. The Balaban J connectivity index is 0.00000154. The maximum Gasteiger partial charge on any atom is -1.00 e. The Morgan fingerprint density at radius 3 is 1.31 bits per heavy atom. The standard InChI is InChI=1S/2C16H13.C4H8.2ClH.Zr/c2*1-12-10-14-8-5-9-15(16(14)11-12)13-6-3-2-4-7-13;1-4(2)3;;;/h2*2-11H,1H3;1H2,2-3H3;2*1H;/q;;;;;+2/p-2. The third-order valence-corrected chi connectivity index (χ3v) is 27.6. The third kappa shape index (κ3) is 4.20. The third-order valence-electron chi connectivity index (χ3n) is 9.63. The fourth-order valence-electron chi connectivity index (χ4n) is 8.05. The normalized spacial score (nSPS) is 21.8. The molecular formula is C36H34Cl2Zr. The monoisotopic (exact) mass is 626 g/mol. The molecule has 0 saturated carbocycles. The second-order valence-corrected chi connectivity index (χ2v) is 24.2. The Bertz CT molecular complexity index is 1490. The molecule has 0 spiro atoms. The summed E-state index contributed by atoms with van der Waals surface area (Å²) in [6.45, 7) is 10.1. The first-order chi connectivity index (χ1) is 17.9. The summed E-state index contributed by atoms with van der Waals surface area (Å²) in [6.07, 6.45) is 5.09. The Morgan fingerprint density at radius 1 is 0.564 bits per heavy atom. The topological polar surface area (TPSA) is 0 Å². The molecule has 7 rings (SSSR count). The van der Waals surface area contributed by atoms with Gasteiger partial charge in [-0.3, -0.25) is 0 Å². The fraction of sp³-hybridized carbons (Fsp3) is 0.222. The van der Waals surface area contributed by atoms with Crippen LogP contribution in [0.2, 0.25) is 7.25 Å². The minimum Gasteiger partial charge on any atom is -1.00 e. The van der Waals surface area contributed by atoms with E-state index in [0.29, 0.717) is 10.4 Å². The van der Waals surface area contributed by atoms with Gasteiger partial charge in [-0.05, 0) is 0 Å². The van der Waals surface area contributed by atoms with Gasteiger partial charge in [0.1, 0.15) is 0 Å². The largest absolute Gasteiger partial charge is 1.00 e. The molecule has 39 heavy (non-hydrogen) atoms. The van der Waals surface area contributed by atoms with Crippen molar-refractivity contribution in [1.29, 1.82) is 0 Å². The van der Waals surface area contributed by atoms with E-state index < -0.39 is 20.3 Å². The summed E-state index contributed by atoms with van der Waals surface area (Å²) in [7, 11) is 0. The van der Waals surface area contributed by atoms with Gasteiger partial charge in [0, 0.05) is 0 Å². The zero-order valence-electron chi connectivity index (χ0n) is 23.0. The molecule has 1 heterocycles. The molecule has 0 bridgehead atoms. The molecule has 196 valence electrons. The number of rotatable bonds is 4. The van der Waals surface area contributed by atoms with Crippen LogP contribution in [0.15, 0.2) is 108 Å². The van der Waals surface area contributed by atoms with Crippen molar-refractivity contribution in [1.82, 2.24) is 0 Å². The predicted octanol–water partition coefficient (Wildman–Crippen LogP) is 4.43. The van der Waals surface area contributed by atoms with E-state index in [0.717, 1.165) is 0 Å². The molecule has 3 heteroatoms. The zero-order chi connectivity index (χ0) is 25.4. The summed E-state index contributed by atoms with van der Waals surface area (Å²) in [5.74, 6) is 0. The van der Waals surface area contributed by atoms with Crippen LogP contribution in [0.4, 0.5) is 0 Å². The van der Waals surface area contributed by atoms with Gasteiger partial charge in [0.05, 0.1) is 0 Å². The van der Waals surface area contributed by atoms with Crippen LogP contribution in [-0.4, -0.2) is 0 Å². The molecule has 2 atom stereocenters. The summed E-state index contributed by atoms with van der Waals surface area (Å²) in [6, 6.07) is 36.1. The van der Waals surface area contributed by atoms with Crippen molar-refractivity contribution in [3.63, 3.8) is 0 Å². The second kappa shape index (κ2) is 10.3. The van der Waals surface area contributed by atoms with Crippen molar-refractivity contribution in [3.05, 3.63) is 130 Å². The minimum absolute atomic E-state index is 0. The van der Waals surface area contributed by atoms with Gasteiger partial charge in [-0.2, -0.15) is 0 Å². The summed E-state index contributed by atoms with van der Waals surface area (Å²) < 4.78 is 3.21. The Morgan fingerprint density at radius 2 is 0.949 bits per heavy atom. The van der Waals surface area contributed by atoms with Crippen LogP contribution in [0.1, 0.15) is 57.2 Å². The number of hydrogen-bond acceptors (Lipinski definition) is 0. The molecule has 4 aromatic carbocycles. The first kappa shape index (κ1) is 28.4. The van der Waals surface area contributed by atoms with E-state index in [1.165, 1.54) is 37.5 Å². The van der Waals surface area contributed by atoms with Crippen LogP contribution in [0.3, 0.4) is 0 Å². The molecule has 1 fully saturated rings. The summed E-state index contributed by atoms with van der Waals surface area (Å²) in [5, 5.41) is 0. The number of allylic oxidation sites excluding steroid dienone is 2. The molecule has 0 nitrogen and oxygen atoms in total. The van der Waals surface area contributed by atoms with Crippen molar-refractivity contribution < 1.29 is 45.1 Å². The molecule has 0 aromatic heterocycles. The average molecular weight is 629 g/mol. The van der Waals surface area contributed by atoms with Gasteiger partial charge in [0.25, 0.3) is 0 Å². The van der Waals surface area contributed by atoms with E-state index in [2.05, 4.69) is 137 Å². The van der Waals surface area contributed by atoms with Crippen LogP contribution < -0.4 is 24.8 Å². The van der Waals surface area contributed by atoms with E-state index >= 15 is 0 Å². The van der Waals surface area contributed by atoms with Gasteiger partial charge in [-0.15, -0.1) is 0 Å². The molecule has 1 aliphatic heterocycles. The second-order valence-electron chi connectivity index (χ2n) is 12.1. The van der Waals surface area contributed by atoms with Gasteiger partial charge in [0.15, 0.2) is 0 Å². The molecule has 0 amide bonds. The van der Waals surface area contributed by atoms with E-state index in [1.54, 1.807) is 22.3 Å². The van der Waals surface area contributed by atoms with Crippen molar-refractivity contribution >= 4 is 12.2 Å². The van der Waals surface area contributed by atoms with Crippen LogP contribution in [0.5, 0.6) is 0 Å². The molecule has 2 aliphatic carbocycles. The summed E-state index contributed by atoms with van der Waals surface area (Å²) >= 11 is -2.85. The molecule has 1 saturated heterocycles. The van der Waals surface area contributed by atoms with Crippen LogP contribution in [-0.2, 0) is 20.3 Å². The smallest absolute Gasteiger partial charge is 1.00 e. The quantitative estimate of drug-likeness (QED) is 0.314. The number of hydrogen-bond donors (Lipinski definition) is 0. The maximum atomic E-state index is 2.60. The Kier molecular flexibility index (Phi) is 7.52. The predicted molar refractivity (Wildman–Crippen MR) is 155 cm³/mol. The molecule has 0 N–H and O–H groups in total. The van der Waals surface area contributed by atoms with Crippen molar-refractivity contribution in [2.75, 3.05) is 0 Å². The van der Waals surface area contributed by atoms with E-state index in [-0.39, 0.29) is 24.8 Å². The minimum atomic E-state index is -2.85. The fourth-order valence-corrected chi connectivity index (χ4v) is 28.4. The van der Waals surface area contributed by atoms with Crippen molar-refractivity contribution in [2.24, 2.45) is 0 Å². The van der Waals surface area contributed by atoms with Crippen LogP contribution in [0.25, 0.3) is 34.4 Å². The SMILES string of the molecule is CC1=Cc2c(-c3ccccc3)cccc2[CH]1[Zr+2]1([CH]2C(C)=Cc3c(-c4ccccc4)cccc32)[CH2][C]1(C)C.[Cl-].[Cl-]. The van der Waals surface area contributed by atoms with Gasteiger partial charge in [-0.25, -0.2) is 0 Å². The maximum absolute atomic E-state index is 2.85. The number of fused-ring (bicyclic) bond motifs is 2. The first-order valence-corrected chi connectivity index (χ1v) is 19.5. The van der Waals surface area contributed by atoms with E-state index in [1.807, 2.05) is 0 Å². The van der Waals surface area contributed by atoms with Gasteiger partial charge < -0.3 is 24.8 Å². The molecule has 0 radical (unpaired) electrons. The van der Waals surface area contributed by atoms with Crippen molar-refractivity contribution in [3.8, 4) is 22.3 Å². The van der Waals surface area contributed by atoms with Gasteiger partial charge in [-0.1, -0.05) is 0 Å². The van der Waals surface area contributed by atoms with E-state index in [4.69, 9.17) is 0 Å². The Labute approximate surface area is 250 Å². The molecule has 4 aromatic rings. The number of halogens is 2.